The average molecular weight is 418 g/mol. The topological polar surface area (TPSA) is 68.6 Å². The third-order valence-corrected chi connectivity index (χ3v) is 5.56. The van der Waals surface area contributed by atoms with E-state index >= 15 is 0 Å². The molecule has 1 aromatic carbocycles. The van der Waals surface area contributed by atoms with Gasteiger partial charge in [0.25, 0.3) is 0 Å². The molecule has 0 saturated carbocycles. The monoisotopic (exact) mass is 418 g/mol. The molecule has 150 valence electrons. The molecule has 4 aromatic rings. The zero-order valence-corrected chi connectivity index (χ0v) is 17.1. The molecule has 0 saturated heterocycles. The SMILES string of the molecule is CS(=O)c1nccc(C(Cc2ccccc2-c2cccnc2)c2cccnc2F)n1. The van der Waals surface area contributed by atoms with Gasteiger partial charge < -0.3 is 0 Å². The second-order valence-electron chi connectivity index (χ2n) is 6.76. The molecule has 0 aliphatic carbocycles. The number of pyridine rings is 2. The van der Waals surface area contributed by atoms with Gasteiger partial charge in [0.1, 0.15) is 0 Å². The third kappa shape index (κ3) is 4.31. The quantitative estimate of drug-likeness (QED) is 0.347. The van der Waals surface area contributed by atoms with Crippen molar-refractivity contribution >= 4 is 10.8 Å². The number of rotatable bonds is 6. The molecule has 7 heteroatoms. The maximum Gasteiger partial charge on any atom is 0.218 e. The van der Waals surface area contributed by atoms with Crippen molar-refractivity contribution in [2.45, 2.75) is 17.5 Å². The lowest BCUT2D eigenvalue weighted by atomic mass is 9.87. The molecule has 2 atom stereocenters. The van der Waals surface area contributed by atoms with Crippen molar-refractivity contribution in [1.82, 2.24) is 19.9 Å². The van der Waals surface area contributed by atoms with Crippen LogP contribution in [-0.4, -0.2) is 30.4 Å². The maximum absolute atomic E-state index is 14.7. The highest BCUT2D eigenvalue weighted by atomic mass is 32.2. The van der Waals surface area contributed by atoms with E-state index in [1.807, 2.05) is 42.6 Å². The molecule has 3 aromatic heterocycles. The summed E-state index contributed by atoms with van der Waals surface area (Å²) in [5.74, 6) is -0.957. The highest BCUT2D eigenvalue weighted by molar-refractivity contribution is 7.84. The summed E-state index contributed by atoms with van der Waals surface area (Å²) in [7, 11) is -1.34. The summed E-state index contributed by atoms with van der Waals surface area (Å²) >= 11 is 0. The van der Waals surface area contributed by atoms with Crippen molar-refractivity contribution in [3.05, 3.63) is 102 Å². The van der Waals surface area contributed by atoms with Gasteiger partial charge in [-0.05, 0) is 35.7 Å². The Kier molecular flexibility index (Phi) is 5.99. The Hall–Kier alpha value is -3.32. The summed E-state index contributed by atoms with van der Waals surface area (Å²) in [5, 5.41) is 0.224. The van der Waals surface area contributed by atoms with Crippen LogP contribution in [0.3, 0.4) is 0 Å². The number of aromatic nitrogens is 4. The van der Waals surface area contributed by atoms with E-state index in [1.54, 1.807) is 30.6 Å². The molecule has 0 N–H and O–H groups in total. The summed E-state index contributed by atoms with van der Waals surface area (Å²) in [6.07, 6.45) is 8.53. The van der Waals surface area contributed by atoms with Crippen molar-refractivity contribution < 1.29 is 8.60 Å². The minimum absolute atomic E-state index is 0.224. The molecule has 2 unspecified atom stereocenters. The molecule has 0 fully saturated rings. The van der Waals surface area contributed by atoms with Crippen LogP contribution in [0.15, 0.2) is 84.5 Å². The fourth-order valence-electron chi connectivity index (χ4n) is 3.44. The molecule has 5 nitrogen and oxygen atoms in total. The summed E-state index contributed by atoms with van der Waals surface area (Å²) in [5.41, 5.74) is 4.06. The number of hydrogen-bond acceptors (Lipinski definition) is 5. The summed E-state index contributed by atoms with van der Waals surface area (Å²) in [4.78, 5) is 16.6. The fraction of sp³-hybridized carbons (Fsp3) is 0.130. The first-order valence-corrected chi connectivity index (χ1v) is 10.9. The van der Waals surface area contributed by atoms with Gasteiger partial charge in [-0.2, -0.15) is 4.39 Å². The minimum Gasteiger partial charge on any atom is -0.264 e. The first kappa shape index (κ1) is 20.0. The zero-order valence-electron chi connectivity index (χ0n) is 16.3. The molecule has 0 aliphatic heterocycles. The Morgan fingerprint density at radius 3 is 2.57 bits per heavy atom. The molecule has 4 rings (SSSR count). The predicted molar refractivity (Wildman–Crippen MR) is 114 cm³/mol. The van der Waals surface area contributed by atoms with E-state index in [1.165, 1.54) is 12.5 Å². The van der Waals surface area contributed by atoms with E-state index in [0.29, 0.717) is 17.7 Å². The standard InChI is InChI=1S/C23H19FN4OS/c1-30(29)23-27-13-10-21(28-23)20(19-9-5-12-26-22(19)24)14-16-6-2-3-8-18(16)17-7-4-11-25-15-17/h2-13,15,20H,14H2,1H3. The minimum atomic E-state index is -1.34. The van der Waals surface area contributed by atoms with Gasteiger partial charge in [0.2, 0.25) is 11.1 Å². The normalized spacial score (nSPS) is 13.0. The Morgan fingerprint density at radius 1 is 0.967 bits per heavy atom. The van der Waals surface area contributed by atoms with Crippen LogP contribution in [0.5, 0.6) is 0 Å². The van der Waals surface area contributed by atoms with Gasteiger partial charge in [-0.3, -0.25) is 9.19 Å². The summed E-state index contributed by atoms with van der Waals surface area (Å²) < 4.78 is 26.6. The van der Waals surface area contributed by atoms with Crippen molar-refractivity contribution in [3.8, 4) is 11.1 Å². The molecule has 0 bridgehead atoms. The first-order valence-electron chi connectivity index (χ1n) is 9.38. The number of halogens is 1. The van der Waals surface area contributed by atoms with Crippen LogP contribution in [-0.2, 0) is 17.2 Å². The molecular weight excluding hydrogens is 399 g/mol. The fourth-order valence-corrected chi connectivity index (χ4v) is 3.88. The van der Waals surface area contributed by atoms with Gasteiger partial charge in [-0.25, -0.2) is 15.0 Å². The lowest BCUT2D eigenvalue weighted by molar-refractivity contribution is 0.551. The summed E-state index contributed by atoms with van der Waals surface area (Å²) in [6, 6.07) is 17.0. The predicted octanol–water partition coefficient (Wildman–Crippen LogP) is 4.18. The average Bonchev–Trinajstić information content (AvgIpc) is 2.79. The van der Waals surface area contributed by atoms with E-state index < -0.39 is 22.7 Å². The number of hydrogen-bond donors (Lipinski definition) is 0. The van der Waals surface area contributed by atoms with Gasteiger partial charge in [0.15, 0.2) is 0 Å². The van der Waals surface area contributed by atoms with Crippen molar-refractivity contribution in [3.63, 3.8) is 0 Å². The second-order valence-corrected chi connectivity index (χ2v) is 8.03. The van der Waals surface area contributed by atoms with Crippen molar-refractivity contribution in [2.75, 3.05) is 6.26 Å². The van der Waals surface area contributed by atoms with E-state index in [0.717, 1.165) is 16.7 Å². The van der Waals surface area contributed by atoms with Gasteiger partial charge >= 0.3 is 0 Å². The van der Waals surface area contributed by atoms with E-state index in [-0.39, 0.29) is 5.16 Å². The van der Waals surface area contributed by atoms with Gasteiger partial charge in [-0.1, -0.05) is 36.4 Å². The van der Waals surface area contributed by atoms with E-state index in [4.69, 9.17) is 0 Å². The molecule has 0 spiro atoms. The molecule has 30 heavy (non-hydrogen) atoms. The second kappa shape index (κ2) is 9.00. The highest BCUT2D eigenvalue weighted by Crippen LogP contribution is 2.32. The zero-order chi connectivity index (χ0) is 20.9. The van der Waals surface area contributed by atoms with Crippen LogP contribution in [0, 0.1) is 5.95 Å². The highest BCUT2D eigenvalue weighted by Gasteiger charge is 2.23. The largest absolute Gasteiger partial charge is 0.264 e. The van der Waals surface area contributed by atoms with Crippen molar-refractivity contribution in [2.24, 2.45) is 0 Å². The molecule has 0 aliphatic rings. The number of nitrogens with zero attached hydrogens (tertiary/aromatic N) is 4. The first-order chi connectivity index (χ1) is 14.6. The molecular formula is C23H19FN4OS. The Bertz CT molecular complexity index is 1190. The molecule has 0 amide bonds. The Balaban J connectivity index is 1.82. The van der Waals surface area contributed by atoms with Crippen LogP contribution >= 0.6 is 0 Å². The smallest absolute Gasteiger partial charge is 0.218 e. The lowest BCUT2D eigenvalue weighted by Crippen LogP contribution is -2.12. The number of benzene rings is 1. The van der Waals surface area contributed by atoms with Crippen LogP contribution in [0.1, 0.15) is 22.7 Å². The van der Waals surface area contributed by atoms with Crippen LogP contribution in [0.4, 0.5) is 4.39 Å². The van der Waals surface area contributed by atoms with Crippen LogP contribution in [0.2, 0.25) is 0 Å². The van der Waals surface area contributed by atoms with Gasteiger partial charge in [0, 0.05) is 48.1 Å². The van der Waals surface area contributed by atoms with Gasteiger partial charge in [0.05, 0.1) is 16.5 Å². The summed E-state index contributed by atoms with van der Waals surface area (Å²) in [6.45, 7) is 0. The van der Waals surface area contributed by atoms with Crippen molar-refractivity contribution in [1.29, 1.82) is 0 Å². The van der Waals surface area contributed by atoms with E-state index in [2.05, 4.69) is 19.9 Å². The molecule has 0 radical (unpaired) electrons. The van der Waals surface area contributed by atoms with Gasteiger partial charge in [-0.15, -0.1) is 0 Å². The maximum atomic E-state index is 14.7. The Morgan fingerprint density at radius 2 is 1.80 bits per heavy atom. The Labute approximate surface area is 176 Å². The lowest BCUT2D eigenvalue weighted by Gasteiger charge is -2.19. The molecule has 3 heterocycles. The van der Waals surface area contributed by atoms with Crippen LogP contribution < -0.4 is 0 Å². The van der Waals surface area contributed by atoms with Crippen LogP contribution in [0.25, 0.3) is 11.1 Å². The third-order valence-electron chi connectivity index (χ3n) is 4.85. The van der Waals surface area contributed by atoms with E-state index in [9.17, 15) is 8.60 Å².